The first-order valence-electron chi connectivity index (χ1n) is 20.0. The molecule has 0 saturated heterocycles. The third-order valence-corrected chi connectivity index (χ3v) is 11.3. The van der Waals surface area contributed by atoms with Crippen LogP contribution < -0.4 is 0 Å². The number of hydrogen-bond donors (Lipinski definition) is 0. The van der Waals surface area contributed by atoms with Gasteiger partial charge in [-0.2, -0.15) is 52.7 Å². The zero-order chi connectivity index (χ0) is 46.9. The van der Waals surface area contributed by atoms with E-state index in [1.54, 1.807) is 24.3 Å². The fourth-order valence-electron chi connectivity index (χ4n) is 8.15. The Morgan fingerprint density at radius 2 is 0.773 bits per heavy atom. The van der Waals surface area contributed by atoms with Crippen molar-refractivity contribution in [2.75, 3.05) is 0 Å². The van der Waals surface area contributed by atoms with Crippen LogP contribution in [0, 0.1) is 6.92 Å². The average Bonchev–Trinajstić information content (AvgIpc) is 3.97. The fourth-order valence-corrected chi connectivity index (χ4v) is 8.15. The van der Waals surface area contributed by atoms with Gasteiger partial charge in [-0.25, -0.2) is 0 Å². The van der Waals surface area contributed by atoms with E-state index in [1.165, 1.54) is 28.8 Å². The summed E-state index contributed by atoms with van der Waals surface area (Å²) < 4.78 is 162. The summed E-state index contributed by atoms with van der Waals surface area (Å²) in [6, 6.07) is 37.1. The van der Waals surface area contributed by atoms with E-state index in [9.17, 15) is 52.7 Å². The van der Waals surface area contributed by atoms with E-state index in [1.807, 2.05) is 66.1 Å². The molecule has 0 unspecified atom stereocenters. The van der Waals surface area contributed by atoms with Gasteiger partial charge in [0.1, 0.15) is 0 Å². The molecule has 0 N–H and O–H groups in total. The van der Waals surface area contributed by atoms with Gasteiger partial charge in [0.2, 0.25) is 0 Å². The summed E-state index contributed by atoms with van der Waals surface area (Å²) >= 11 is 0. The van der Waals surface area contributed by atoms with Crippen LogP contribution in [0.2, 0.25) is 0 Å². The van der Waals surface area contributed by atoms with Crippen molar-refractivity contribution in [1.29, 1.82) is 0 Å². The molecule has 0 spiro atoms. The Labute approximate surface area is 367 Å². The number of rotatable bonds is 4. The van der Waals surface area contributed by atoms with Gasteiger partial charge in [0.15, 0.2) is 11.6 Å². The fraction of sp³-hybridized carbons (Fsp3) is 0.120. The van der Waals surface area contributed by atoms with Crippen LogP contribution in [-0.2, 0) is 31.1 Å². The van der Waals surface area contributed by atoms with E-state index in [2.05, 4.69) is 10.2 Å². The molecular weight excluding hydrogens is 885 g/mol. The topological polar surface area (TPSA) is 35.6 Å². The Morgan fingerprint density at radius 1 is 0.394 bits per heavy atom. The van der Waals surface area contributed by atoms with Gasteiger partial charge in [-0.1, -0.05) is 72.3 Å². The number of aryl methyl sites for hydroxylation is 1. The van der Waals surface area contributed by atoms with E-state index in [-0.39, 0.29) is 17.5 Å². The van der Waals surface area contributed by atoms with Gasteiger partial charge < -0.3 is 4.57 Å². The summed E-state index contributed by atoms with van der Waals surface area (Å²) in [5.41, 5.74) is 2.65. The molecule has 10 rings (SSSR count). The van der Waals surface area contributed by atoms with Crippen molar-refractivity contribution in [3.8, 4) is 45.3 Å². The Kier molecular flexibility index (Phi) is 10.6. The Bertz CT molecular complexity index is 3130. The lowest BCUT2D eigenvalue weighted by atomic mass is 10.0. The highest BCUT2D eigenvalue weighted by Gasteiger charge is 2.36. The zero-order valence-electron chi connectivity index (χ0n) is 34.0. The summed E-state index contributed by atoms with van der Waals surface area (Å²) in [6.45, 7) is 1.99. The first kappa shape index (κ1) is 43.9. The van der Waals surface area contributed by atoms with Crippen LogP contribution in [0.1, 0.15) is 38.9 Å². The smallest absolute Gasteiger partial charge is 0.309 e. The standard InChI is InChI=1S/C35H22F6N4.C15H8F6/c1-21-7-9-22(10-8-21)32-42-43-33(45(32)26-5-3-2-4-6-26)23-11-15-27(16-12-23)44-30-19-24(34(36,37)38)13-17-28(30)29-18-14-25(20-31(29)44)35(39,40)41;16-14(17,18)10-1-3-12-8(6-10)5-9-7-11(15(19,20)21)2-4-13(9)12/h2-20H,1H3;1-4,6-7H,5H2. The zero-order valence-corrected chi connectivity index (χ0v) is 34.0. The van der Waals surface area contributed by atoms with Gasteiger partial charge in [0, 0.05) is 33.3 Å². The number of aromatic nitrogens is 4. The number of fused-ring (bicyclic) bond motifs is 6. The molecule has 16 heteroatoms. The first-order valence-corrected chi connectivity index (χ1v) is 20.0. The molecule has 0 saturated carbocycles. The van der Waals surface area contributed by atoms with Gasteiger partial charge in [-0.05, 0) is 121 Å². The van der Waals surface area contributed by atoms with E-state index in [0.717, 1.165) is 65.3 Å². The minimum absolute atomic E-state index is 0.0819. The molecule has 1 aliphatic carbocycles. The van der Waals surface area contributed by atoms with Gasteiger partial charge in [0.05, 0.1) is 33.3 Å². The maximum absolute atomic E-state index is 13.7. The highest BCUT2D eigenvalue weighted by atomic mass is 19.4. The number of halogens is 12. The lowest BCUT2D eigenvalue weighted by molar-refractivity contribution is -0.138. The number of nitrogens with zero attached hydrogens (tertiary/aromatic N) is 4. The summed E-state index contributed by atoms with van der Waals surface area (Å²) in [6.07, 6.45) is -18.1. The predicted octanol–water partition coefficient (Wildman–Crippen LogP) is 15.3. The number of hydrogen-bond acceptors (Lipinski definition) is 2. The van der Waals surface area contributed by atoms with Crippen molar-refractivity contribution in [2.24, 2.45) is 0 Å². The second kappa shape index (κ2) is 16.0. The molecule has 0 fully saturated rings. The molecule has 0 amide bonds. The highest BCUT2D eigenvalue weighted by Crippen LogP contribution is 2.43. The van der Waals surface area contributed by atoms with Crippen molar-refractivity contribution in [1.82, 2.24) is 19.3 Å². The second-order valence-electron chi connectivity index (χ2n) is 15.6. The van der Waals surface area contributed by atoms with Crippen molar-refractivity contribution < 1.29 is 52.7 Å². The number of para-hydroxylation sites is 1. The summed E-state index contributed by atoms with van der Waals surface area (Å²) in [5, 5.41) is 9.78. The SMILES string of the molecule is Cc1ccc(-c2nnc(-c3ccc(-n4c5cc(C(F)(F)F)ccc5c5ccc(C(F)(F)F)cc54)cc3)n2-c2ccccc2)cc1.FC(F)(F)c1ccc2c(c1)Cc1cc(C(F)(F)F)ccc1-2. The Morgan fingerprint density at radius 3 is 1.20 bits per heavy atom. The van der Waals surface area contributed by atoms with Crippen LogP contribution in [0.25, 0.3) is 67.1 Å². The van der Waals surface area contributed by atoms with Gasteiger partial charge in [-0.3, -0.25) is 4.57 Å². The predicted molar refractivity (Wildman–Crippen MR) is 226 cm³/mol. The van der Waals surface area contributed by atoms with Crippen LogP contribution in [0.4, 0.5) is 52.7 Å². The Balaban J connectivity index is 0.000000218. The molecule has 0 atom stereocenters. The summed E-state index contributed by atoms with van der Waals surface area (Å²) in [4.78, 5) is 0. The largest absolute Gasteiger partial charge is 0.416 e. The van der Waals surface area contributed by atoms with Crippen LogP contribution in [-0.4, -0.2) is 19.3 Å². The molecule has 1 aliphatic rings. The van der Waals surface area contributed by atoms with E-state index in [4.69, 9.17) is 0 Å². The van der Waals surface area contributed by atoms with Gasteiger partial charge in [0.25, 0.3) is 0 Å². The maximum Gasteiger partial charge on any atom is 0.416 e. The Hall–Kier alpha value is -7.36. The third-order valence-electron chi connectivity index (χ3n) is 11.3. The summed E-state index contributed by atoms with van der Waals surface area (Å²) in [5.74, 6) is 1.13. The van der Waals surface area contributed by atoms with E-state index >= 15 is 0 Å². The van der Waals surface area contributed by atoms with Crippen molar-refractivity contribution in [2.45, 2.75) is 38.0 Å². The lowest BCUT2D eigenvalue weighted by Gasteiger charge is -2.13. The molecule has 334 valence electrons. The maximum atomic E-state index is 13.7. The van der Waals surface area contributed by atoms with Crippen molar-refractivity contribution in [3.63, 3.8) is 0 Å². The van der Waals surface area contributed by atoms with Gasteiger partial charge >= 0.3 is 24.7 Å². The van der Waals surface area contributed by atoms with E-state index < -0.39 is 47.0 Å². The number of benzene rings is 7. The molecule has 2 aromatic heterocycles. The lowest BCUT2D eigenvalue weighted by Crippen LogP contribution is -2.05. The monoisotopic (exact) mass is 914 g/mol. The van der Waals surface area contributed by atoms with Crippen LogP contribution in [0.15, 0.2) is 152 Å². The van der Waals surface area contributed by atoms with Crippen molar-refractivity contribution >= 4 is 21.8 Å². The second-order valence-corrected chi connectivity index (χ2v) is 15.6. The molecule has 0 radical (unpaired) electrons. The first-order chi connectivity index (χ1) is 31.1. The van der Waals surface area contributed by atoms with Crippen LogP contribution in [0.3, 0.4) is 0 Å². The molecule has 7 aromatic carbocycles. The highest BCUT2D eigenvalue weighted by molar-refractivity contribution is 6.09. The quantitative estimate of drug-likeness (QED) is 0.165. The van der Waals surface area contributed by atoms with Crippen LogP contribution in [0.5, 0.6) is 0 Å². The molecule has 2 heterocycles. The number of alkyl halides is 12. The normalized spacial score (nSPS) is 12.9. The van der Waals surface area contributed by atoms with Crippen molar-refractivity contribution in [3.05, 3.63) is 191 Å². The average molecular weight is 915 g/mol. The molecule has 0 bridgehead atoms. The minimum Gasteiger partial charge on any atom is -0.309 e. The molecule has 66 heavy (non-hydrogen) atoms. The third kappa shape index (κ3) is 8.27. The van der Waals surface area contributed by atoms with E-state index in [0.29, 0.717) is 55.9 Å². The minimum atomic E-state index is -4.63. The van der Waals surface area contributed by atoms with Crippen LogP contribution >= 0.6 is 0 Å². The summed E-state index contributed by atoms with van der Waals surface area (Å²) in [7, 11) is 0. The van der Waals surface area contributed by atoms with Gasteiger partial charge in [-0.15, -0.1) is 10.2 Å². The molecule has 0 aliphatic heterocycles. The molecule has 4 nitrogen and oxygen atoms in total. The molecular formula is C50H30F12N4. The molecule has 9 aromatic rings.